The standard InChI is InChI=1S/C13H25N3O2.ClH/c1-13(2,3)16-11(17)5-7-15-12(18)8-10-4-6-14-9-10;/h10,14H,4-9H2,1-3H3,(H,15,18)(H,16,17);1H. The van der Waals surface area contributed by atoms with Crippen LogP contribution in [0.1, 0.15) is 40.0 Å². The quantitative estimate of drug-likeness (QED) is 0.703. The highest BCUT2D eigenvalue weighted by Crippen LogP contribution is 2.11. The van der Waals surface area contributed by atoms with E-state index in [2.05, 4.69) is 16.0 Å². The van der Waals surface area contributed by atoms with E-state index >= 15 is 0 Å². The Morgan fingerprint density at radius 2 is 1.95 bits per heavy atom. The molecule has 0 aromatic rings. The number of rotatable bonds is 5. The lowest BCUT2D eigenvalue weighted by Crippen LogP contribution is -2.42. The first-order chi connectivity index (χ1) is 8.37. The smallest absolute Gasteiger partial charge is 0.222 e. The molecule has 0 spiro atoms. The molecule has 0 aromatic carbocycles. The van der Waals surface area contributed by atoms with Crippen LogP contribution < -0.4 is 16.0 Å². The average Bonchev–Trinajstić information content (AvgIpc) is 2.67. The van der Waals surface area contributed by atoms with Gasteiger partial charge in [-0.05, 0) is 46.2 Å². The van der Waals surface area contributed by atoms with Gasteiger partial charge in [0.2, 0.25) is 11.8 Å². The van der Waals surface area contributed by atoms with E-state index in [4.69, 9.17) is 0 Å². The summed E-state index contributed by atoms with van der Waals surface area (Å²) in [5.41, 5.74) is -0.212. The molecule has 3 N–H and O–H groups in total. The third kappa shape index (κ3) is 8.83. The van der Waals surface area contributed by atoms with Gasteiger partial charge in [-0.25, -0.2) is 0 Å². The molecular weight excluding hydrogens is 266 g/mol. The zero-order chi connectivity index (χ0) is 13.6. The summed E-state index contributed by atoms with van der Waals surface area (Å²) in [6.07, 6.45) is 1.97. The van der Waals surface area contributed by atoms with Crippen molar-refractivity contribution in [2.24, 2.45) is 5.92 Å². The molecule has 19 heavy (non-hydrogen) atoms. The number of hydrogen-bond donors (Lipinski definition) is 3. The molecule has 0 aliphatic carbocycles. The number of hydrogen-bond acceptors (Lipinski definition) is 3. The molecule has 0 radical (unpaired) electrons. The Kier molecular flexibility index (Phi) is 8.02. The average molecular weight is 292 g/mol. The van der Waals surface area contributed by atoms with E-state index < -0.39 is 0 Å². The molecule has 1 saturated heterocycles. The summed E-state index contributed by atoms with van der Waals surface area (Å²) in [7, 11) is 0. The van der Waals surface area contributed by atoms with Crippen LogP contribution in [0, 0.1) is 5.92 Å². The first-order valence-electron chi connectivity index (χ1n) is 6.65. The largest absolute Gasteiger partial charge is 0.356 e. The lowest BCUT2D eigenvalue weighted by atomic mass is 10.0. The van der Waals surface area contributed by atoms with E-state index in [1.54, 1.807) is 0 Å². The van der Waals surface area contributed by atoms with E-state index in [0.29, 0.717) is 25.3 Å². The highest BCUT2D eigenvalue weighted by molar-refractivity contribution is 5.85. The molecule has 112 valence electrons. The fourth-order valence-electron chi connectivity index (χ4n) is 2.02. The van der Waals surface area contributed by atoms with Gasteiger partial charge in [0.05, 0.1) is 0 Å². The van der Waals surface area contributed by atoms with E-state index in [0.717, 1.165) is 19.5 Å². The second kappa shape index (κ2) is 8.38. The Balaban J connectivity index is 0.00000324. The minimum absolute atomic E-state index is 0. The second-order valence-electron chi connectivity index (χ2n) is 5.96. The van der Waals surface area contributed by atoms with Crippen LogP contribution in [-0.2, 0) is 9.59 Å². The van der Waals surface area contributed by atoms with Gasteiger partial charge in [0.1, 0.15) is 0 Å². The summed E-state index contributed by atoms with van der Waals surface area (Å²) < 4.78 is 0. The molecule has 6 heteroatoms. The summed E-state index contributed by atoms with van der Waals surface area (Å²) >= 11 is 0. The van der Waals surface area contributed by atoms with Gasteiger partial charge in [0.15, 0.2) is 0 Å². The van der Waals surface area contributed by atoms with Crippen molar-refractivity contribution in [3.8, 4) is 0 Å². The van der Waals surface area contributed by atoms with Crippen LogP contribution in [-0.4, -0.2) is 37.0 Å². The lowest BCUT2D eigenvalue weighted by molar-refractivity contribution is -0.123. The number of nitrogens with one attached hydrogen (secondary N) is 3. The molecule has 0 saturated carbocycles. The van der Waals surface area contributed by atoms with E-state index in [1.807, 2.05) is 20.8 Å². The summed E-state index contributed by atoms with van der Waals surface area (Å²) in [5.74, 6) is 0.478. The van der Waals surface area contributed by atoms with Crippen molar-refractivity contribution >= 4 is 24.2 Å². The van der Waals surface area contributed by atoms with Gasteiger partial charge >= 0.3 is 0 Å². The summed E-state index contributed by atoms with van der Waals surface area (Å²) in [6, 6.07) is 0. The Morgan fingerprint density at radius 1 is 1.26 bits per heavy atom. The maximum atomic E-state index is 11.6. The van der Waals surface area contributed by atoms with Crippen molar-refractivity contribution in [2.75, 3.05) is 19.6 Å². The maximum absolute atomic E-state index is 11.6. The number of carbonyl (C=O) groups is 2. The Bertz CT molecular complexity index is 297. The lowest BCUT2D eigenvalue weighted by Gasteiger charge is -2.20. The molecule has 1 atom stereocenters. The zero-order valence-electron chi connectivity index (χ0n) is 12.0. The molecule has 1 rings (SSSR count). The highest BCUT2D eigenvalue weighted by atomic mass is 35.5. The van der Waals surface area contributed by atoms with Crippen molar-refractivity contribution in [1.82, 2.24) is 16.0 Å². The molecule has 5 nitrogen and oxygen atoms in total. The fourth-order valence-corrected chi connectivity index (χ4v) is 2.02. The van der Waals surface area contributed by atoms with Crippen LogP contribution in [0.4, 0.5) is 0 Å². The van der Waals surface area contributed by atoms with E-state index in [-0.39, 0.29) is 29.8 Å². The van der Waals surface area contributed by atoms with Gasteiger partial charge in [-0.2, -0.15) is 0 Å². The van der Waals surface area contributed by atoms with E-state index in [9.17, 15) is 9.59 Å². The Morgan fingerprint density at radius 3 is 2.47 bits per heavy atom. The van der Waals surface area contributed by atoms with Crippen LogP contribution in [0.5, 0.6) is 0 Å². The van der Waals surface area contributed by atoms with Crippen LogP contribution in [0.3, 0.4) is 0 Å². The van der Waals surface area contributed by atoms with Gasteiger partial charge in [0.25, 0.3) is 0 Å². The topological polar surface area (TPSA) is 70.2 Å². The number of amides is 2. The predicted molar refractivity (Wildman–Crippen MR) is 78.4 cm³/mol. The fraction of sp³-hybridized carbons (Fsp3) is 0.846. The van der Waals surface area contributed by atoms with Crippen LogP contribution in [0.25, 0.3) is 0 Å². The first kappa shape index (κ1) is 18.2. The molecule has 1 unspecified atom stereocenters. The normalized spacial score (nSPS) is 18.6. The highest BCUT2D eigenvalue weighted by Gasteiger charge is 2.18. The van der Waals surface area contributed by atoms with Gasteiger partial charge in [0, 0.05) is 24.9 Å². The van der Waals surface area contributed by atoms with Crippen molar-refractivity contribution in [3.05, 3.63) is 0 Å². The van der Waals surface area contributed by atoms with Crippen molar-refractivity contribution in [1.29, 1.82) is 0 Å². The molecule has 1 fully saturated rings. The Hall–Kier alpha value is -0.810. The van der Waals surface area contributed by atoms with E-state index in [1.165, 1.54) is 0 Å². The summed E-state index contributed by atoms with van der Waals surface area (Å²) in [4.78, 5) is 23.1. The maximum Gasteiger partial charge on any atom is 0.222 e. The Labute approximate surface area is 121 Å². The third-order valence-corrected chi connectivity index (χ3v) is 2.83. The first-order valence-corrected chi connectivity index (χ1v) is 6.65. The minimum atomic E-state index is -0.212. The van der Waals surface area contributed by atoms with Crippen LogP contribution in [0.2, 0.25) is 0 Å². The van der Waals surface area contributed by atoms with Crippen LogP contribution >= 0.6 is 12.4 Å². The minimum Gasteiger partial charge on any atom is -0.356 e. The SMILES string of the molecule is CC(C)(C)NC(=O)CCNC(=O)CC1CCNC1.Cl. The van der Waals surface area contributed by atoms with Crippen LogP contribution in [0.15, 0.2) is 0 Å². The summed E-state index contributed by atoms with van der Waals surface area (Å²) in [5, 5.41) is 8.90. The van der Waals surface area contributed by atoms with Gasteiger partial charge in [-0.1, -0.05) is 0 Å². The molecular formula is C13H26ClN3O2. The molecule has 2 amide bonds. The van der Waals surface area contributed by atoms with Gasteiger partial charge < -0.3 is 16.0 Å². The number of halogens is 1. The summed E-state index contributed by atoms with van der Waals surface area (Å²) in [6.45, 7) is 8.18. The second-order valence-corrected chi connectivity index (χ2v) is 5.96. The van der Waals surface area contributed by atoms with Gasteiger partial charge in [-0.3, -0.25) is 9.59 Å². The van der Waals surface area contributed by atoms with Crippen molar-refractivity contribution in [2.45, 2.75) is 45.6 Å². The van der Waals surface area contributed by atoms with Gasteiger partial charge in [-0.15, -0.1) is 12.4 Å². The predicted octanol–water partition coefficient (Wildman–Crippen LogP) is 0.829. The number of carbonyl (C=O) groups excluding carboxylic acids is 2. The molecule has 0 aromatic heterocycles. The van der Waals surface area contributed by atoms with Crippen molar-refractivity contribution < 1.29 is 9.59 Å². The molecule has 1 heterocycles. The third-order valence-electron chi connectivity index (χ3n) is 2.83. The molecule has 1 aliphatic heterocycles. The molecule has 0 bridgehead atoms. The van der Waals surface area contributed by atoms with Crippen molar-refractivity contribution in [3.63, 3.8) is 0 Å². The zero-order valence-corrected chi connectivity index (χ0v) is 12.9. The molecule has 1 aliphatic rings. The monoisotopic (exact) mass is 291 g/mol.